The Morgan fingerprint density at radius 3 is 2.47 bits per heavy atom. The monoisotopic (exact) mass is 386 g/mol. The zero-order valence-electron chi connectivity index (χ0n) is 9.53. The molecular formula is C11H9BrCl2O4S. The van der Waals surface area contributed by atoms with E-state index in [0.717, 1.165) is 25.3 Å². The van der Waals surface area contributed by atoms with E-state index in [1.54, 1.807) is 0 Å². The SMILES string of the molecule is O=C(OC1CCC1)c1cc(Cl)c(Br)c(S(=O)(=O)Cl)c1. The van der Waals surface area contributed by atoms with Gasteiger partial charge in [-0.2, -0.15) is 0 Å². The highest BCUT2D eigenvalue weighted by molar-refractivity contribution is 9.10. The summed E-state index contributed by atoms with van der Waals surface area (Å²) in [4.78, 5) is 11.6. The second kappa shape index (κ2) is 5.60. The van der Waals surface area contributed by atoms with Crippen molar-refractivity contribution >= 4 is 53.2 Å². The smallest absolute Gasteiger partial charge is 0.338 e. The summed E-state index contributed by atoms with van der Waals surface area (Å²) in [5.74, 6) is -0.597. The van der Waals surface area contributed by atoms with Gasteiger partial charge in [-0.3, -0.25) is 0 Å². The van der Waals surface area contributed by atoms with Crippen molar-refractivity contribution in [2.45, 2.75) is 30.3 Å². The van der Waals surface area contributed by atoms with Crippen molar-refractivity contribution in [3.8, 4) is 0 Å². The van der Waals surface area contributed by atoms with Crippen LogP contribution in [0.25, 0.3) is 0 Å². The summed E-state index contributed by atoms with van der Waals surface area (Å²) < 4.78 is 28.1. The molecule has 4 nitrogen and oxygen atoms in total. The molecule has 0 atom stereocenters. The molecular weight excluding hydrogens is 379 g/mol. The van der Waals surface area contributed by atoms with Gasteiger partial charge in [-0.15, -0.1) is 0 Å². The van der Waals surface area contributed by atoms with Gasteiger partial charge in [0.05, 0.1) is 20.0 Å². The van der Waals surface area contributed by atoms with E-state index >= 15 is 0 Å². The lowest BCUT2D eigenvalue weighted by atomic mass is 9.96. The van der Waals surface area contributed by atoms with E-state index in [9.17, 15) is 13.2 Å². The third-order valence-corrected chi connectivity index (χ3v) is 5.81. The third kappa shape index (κ3) is 3.42. The summed E-state index contributed by atoms with van der Waals surface area (Å²) in [6, 6.07) is 2.50. The number of hydrogen-bond acceptors (Lipinski definition) is 4. The fraction of sp³-hybridized carbons (Fsp3) is 0.364. The van der Waals surface area contributed by atoms with Crippen LogP contribution in [0.1, 0.15) is 29.6 Å². The maximum atomic E-state index is 11.9. The molecule has 104 valence electrons. The van der Waals surface area contributed by atoms with Crippen molar-refractivity contribution in [3.05, 3.63) is 27.2 Å². The number of carbonyl (C=O) groups is 1. The molecule has 0 amide bonds. The van der Waals surface area contributed by atoms with Crippen molar-refractivity contribution in [3.63, 3.8) is 0 Å². The number of ether oxygens (including phenoxy) is 1. The molecule has 1 aromatic rings. The topological polar surface area (TPSA) is 60.4 Å². The molecule has 0 heterocycles. The summed E-state index contributed by atoms with van der Waals surface area (Å²) in [6.45, 7) is 0. The van der Waals surface area contributed by atoms with Crippen molar-refractivity contribution < 1.29 is 17.9 Å². The van der Waals surface area contributed by atoms with Gasteiger partial charge in [0.2, 0.25) is 0 Å². The maximum absolute atomic E-state index is 11.9. The summed E-state index contributed by atoms with van der Waals surface area (Å²) >= 11 is 8.90. The van der Waals surface area contributed by atoms with Gasteiger partial charge >= 0.3 is 5.97 Å². The molecule has 1 aromatic carbocycles. The highest BCUT2D eigenvalue weighted by atomic mass is 79.9. The first kappa shape index (κ1) is 15.1. The van der Waals surface area contributed by atoms with E-state index in [0.29, 0.717) is 0 Å². The molecule has 0 aliphatic heterocycles. The van der Waals surface area contributed by atoms with Crippen LogP contribution in [0.5, 0.6) is 0 Å². The van der Waals surface area contributed by atoms with Gasteiger partial charge in [-0.25, -0.2) is 13.2 Å². The van der Waals surface area contributed by atoms with Crippen LogP contribution in [-0.2, 0) is 13.8 Å². The molecule has 0 aromatic heterocycles. The van der Waals surface area contributed by atoms with Crippen molar-refractivity contribution in [2.24, 2.45) is 0 Å². The third-order valence-electron chi connectivity index (χ3n) is 2.82. The molecule has 1 saturated carbocycles. The van der Waals surface area contributed by atoms with E-state index in [-0.39, 0.29) is 26.1 Å². The van der Waals surface area contributed by atoms with E-state index in [1.165, 1.54) is 6.07 Å². The van der Waals surface area contributed by atoms with Crippen LogP contribution in [-0.4, -0.2) is 20.5 Å². The molecule has 1 aliphatic rings. The molecule has 2 rings (SSSR count). The van der Waals surface area contributed by atoms with Gasteiger partial charge in [-0.1, -0.05) is 11.6 Å². The van der Waals surface area contributed by atoms with E-state index in [2.05, 4.69) is 15.9 Å². The van der Waals surface area contributed by atoms with Crippen LogP contribution in [0.4, 0.5) is 0 Å². The Kier molecular flexibility index (Phi) is 4.45. The number of carbonyl (C=O) groups excluding carboxylic acids is 1. The number of benzene rings is 1. The molecule has 0 bridgehead atoms. The van der Waals surface area contributed by atoms with Crippen LogP contribution in [0.3, 0.4) is 0 Å². The average molecular weight is 388 g/mol. The van der Waals surface area contributed by atoms with Crippen LogP contribution in [0.15, 0.2) is 21.5 Å². The van der Waals surface area contributed by atoms with Gasteiger partial charge in [-0.05, 0) is 47.3 Å². The Bertz CT molecular complexity index is 626. The quantitative estimate of drug-likeness (QED) is 0.585. The lowest BCUT2D eigenvalue weighted by Gasteiger charge is -2.25. The molecule has 1 aliphatic carbocycles. The van der Waals surface area contributed by atoms with E-state index in [4.69, 9.17) is 27.0 Å². The zero-order valence-corrected chi connectivity index (χ0v) is 13.4. The first-order chi connectivity index (χ1) is 8.79. The predicted octanol–water partition coefficient (Wildman–Crippen LogP) is 3.74. The first-order valence-corrected chi connectivity index (χ1v) is 8.92. The molecule has 8 heteroatoms. The Labute approximate surface area is 128 Å². The fourth-order valence-corrected chi connectivity index (χ4v) is 3.95. The van der Waals surface area contributed by atoms with Gasteiger partial charge in [0, 0.05) is 10.7 Å². The molecule has 0 saturated heterocycles. The summed E-state index contributed by atoms with van der Waals surface area (Å²) in [6.07, 6.45) is 2.60. The minimum Gasteiger partial charge on any atom is -0.459 e. The lowest BCUT2D eigenvalue weighted by molar-refractivity contribution is 0.00898. The fourth-order valence-electron chi connectivity index (χ4n) is 1.57. The van der Waals surface area contributed by atoms with Gasteiger partial charge in [0.25, 0.3) is 9.05 Å². The van der Waals surface area contributed by atoms with E-state index < -0.39 is 15.0 Å². The van der Waals surface area contributed by atoms with Crippen LogP contribution < -0.4 is 0 Å². The minimum atomic E-state index is -4.00. The number of hydrogen-bond donors (Lipinski definition) is 0. The number of halogens is 3. The average Bonchev–Trinajstić information content (AvgIpc) is 2.25. The van der Waals surface area contributed by atoms with Crippen molar-refractivity contribution in [1.29, 1.82) is 0 Å². The van der Waals surface area contributed by atoms with E-state index in [1.807, 2.05) is 0 Å². The highest BCUT2D eigenvalue weighted by Crippen LogP contribution is 2.34. The van der Waals surface area contributed by atoms with Gasteiger partial charge in [0.1, 0.15) is 6.10 Å². The second-order valence-electron chi connectivity index (χ2n) is 4.17. The molecule has 1 fully saturated rings. The summed E-state index contributed by atoms with van der Waals surface area (Å²) in [7, 11) is 1.29. The highest BCUT2D eigenvalue weighted by Gasteiger charge is 2.25. The Morgan fingerprint density at radius 2 is 2.00 bits per heavy atom. The summed E-state index contributed by atoms with van der Waals surface area (Å²) in [5, 5.41) is 0.0854. The van der Waals surface area contributed by atoms with Gasteiger partial charge < -0.3 is 4.74 Å². The van der Waals surface area contributed by atoms with Crippen LogP contribution in [0.2, 0.25) is 5.02 Å². The lowest BCUT2D eigenvalue weighted by Crippen LogP contribution is -2.25. The zero-order chi connectivity index (χ0) is 14.2. The Hall–Kier alpha value is -0.300. The van der Waals surface area contributed by atoms with Crippen molar-refractivity contribution in [2.75, 3.05) is 0 Å². The first-order valence-electron chi connectivity index (χ1n) is 5.43. The Balaban J connectivity index is 2.36. The van der Waals surface area contributed by atoms with Gasteiger partial charge in [0.15, 0.2) is 0 Å². The van der Waals surface area contributed by atoms with Crippen molar-refractivity contribution in [1.82, 2.24) is 0 Å². The molecule has 19 heavy (non-hydrogen) atoms. The minimum absolute atomic E-state index is 0.0688. The molecule has 0 N–H and O–H groups in total. The van der Waals surface area contributed by atoms with Crippen LogP contribution >= 0.6 is 38.2 Å². The maximum Gasteiger partial charge on any atom is 0.338 e. The second-order valence-corrected chi connectivity index (χ2v) is 7.90. The molecule has 0 unspecified atom stereocenters. The molecule has 0 spiro atoms. The van der Waals surface area contributed by atoms with Crippen LogP contribution in [0, 0.1) is 0 Å². The molecule has 0 radical (unpaired) electrons. The normalized spacial score (nSPS) is 15.9. The number of rotatable bonds is 3. The summed E-state index contributed by atoms with van der Waals surface area (Å²) in [5.41, 5.74) is 0.0688. The number of esters is 1. The Morgan fingerprint density at radius 1 is 1.37 bits per heavy atom. The standard InChI is InChI=1S/C11H9BrCl2O4S/c12-10-8(13)4-6(5-9(10)19(14,16)17)11(15)18-7-2-1-3-7/h4-5,7H,1-3H2. The predicted molar refractivity (Wildman–Crippen MR) is 75.2 cm³/mol. The largest absolute Gasteiger partial charge is 0.459 e.